The maximum Gasteiger partial charge on any atom is 0.326 e. The van der Waals surface area contributed by atoms with Crippen LogP contribution in [0.5, 0.6) is 0 Å². The topological polar surface area (TPSA) is 85.9 Å². The molecule has 7 nitrogen and oxygen atoms in total. The second kappa shape index (κ2) is 6.16. The number of nitrogens with zero attached hydrogens (tertiary/aromatic N) is 2. The van der Waals surface area contributed by atoms with Crippen LogP contribution in [0, 0.1) is 0 Å². The number of carboxylic acid groups (broad SMARTS) is 1. The van der Waals surface area contributed by atoms with Crippen molar-refractivity contribution in [2.24, 2.45) is 0 Å². The highest BCUT2D eigenvalue weighted by Gasteiger charge is 2.48. The molecule has 2 aliphatic heterocycles. The summed E-state index contributed by atoms with van der Waals surface area (Å²) >= 11 is 0. The number of rotatable bonds is 3. The summed E-state index contributed by atoms with van der Waals surface area (Å²) in [7, 11) is 0. The van der Waals surface area contributed by atoms with E-state index < -0.39 is 11.5 Å². The van der Waals surface area contributed by atoms with E-state index in [1.807, 2.05) is 35.4 Å². The quantitative estimate of drug-likeness (QED) is 0.874. The van der Waals surface area contributed by atoms with E-state index in [1.165, 1.54) is 0 Å². The second-order valence-corrected chi connectivity index (χ2v) is 6.70. The lowest BCUT2D eigenvalue weighted by molar-refractivity contribution is -0.152. The molecule has 1 aromatic carbocycles. The standard InChI is InChI=1S/C18H21N3O4/c22-16(14-2-1-13-3-5-19-15(13)11-14)20-6-8-21(9-7-20)18(17(23)24)4-10-25-12-18/h1-3,5,11,19H,4,6-10,12H2,(H,23,24). The molecule has 1 atom stereocenters. The van der Waals surface area contributed by atoms with Crippen molar-refractivity contribution >= 4 is 22.8 Å². The number of piperazine rings is 1. The first kappa shape index (κ1) is 16.1. The van der Waals surface area contributed by atoms with E-state index >= 15 is 0 Å². The third kappa shape index (κ3) is 2.69. The van der Waals surface area contributed by atoms with Gasteiger partial charge in [0.15, 0.2) is 0 Å². The summed E-state index contributed by atoms with van der Waals surface area (Å²) in [5, 5.41) is 10.7. The Labute approximate surface area is 145 Å². The Morgan fingerprint density at radius 1 is 1.16 bits per heavy atom. The van der Waals surface area contributed by atoms with Gasteiger partial charge >= 0.3 is 5.97 Å². The number of ether oxygens (including phenoxy) is 1. The largest absolute Gasteiger partial charge is 0.480 e. The number of nitrogens with one attached hydrogen (secondary N) is 1. The van der Waals surface area contributed by atoms with E-state index in [0.29, 0.717) is 44.8 Å². The fraction of sp³-hybridized carbons (Fsp3) is 0.444. The number of carboxylic acids is 1. The van der Waals surface area contributed by atoms with Crippen LogP contribution in [0.1, 0.15) is 16.8 Å². The Morgan fingerprint density at radius 2 is 1.96 bits per heavy atom. The number of amides is 1. The van der Waals surface area contributed by atoms with E-state index in [0.717, 1.165) is 10.9 Å². The average Bonchev–Trinajstić information content (AvgIpc) is 3.30. The lowest BCUT2D eigenvalue weighted by Crippen LogP contribution is -2.61. The number of aromatic amines is 1. The van der Waals surface area contributed by atoms with Gasteiger partial charge in [0.2, 0.25) is 0 Å². The summed E-state index contributed by atoms with van der Waals surface area (Å²) in [4.78, 5) is 31.4. The first-order chi connectivity index (χ1) is 12.1. The van der Waals surface area contributed by atoms with Crippen molar-refractivity contribution < 1.29 is 19.4 Å². The molecule has 2 aliphatic rings. The number of carbonyl (C=O) groups is 2. The highest BCUT2D eigenvalue weighted by Crippen LogP contribution is 2.28. The molecule has 2 saturated heterocycles. The fourth-order valence-electron chi connectivity index (χ4n) is 3.81. The molecule has 0 spiro atoms. The minimum absolute atomic E-state index is 0.0109. The summed E-state index contributed by atoms with van der Waals surface area (Å²) in [5.41, 5.74) is 0.663. The molecule has 1 aromatic heterocycles. The van der Waals surface area contributed by atoms with Gasteiger partial charge in [0.1, 0.15) is 5.54 Å². The van der Waals surface area contributed by atoms with Gasteiger partial charge in [0.25, 0.3) is 5.91 Å². The van der Waals surface area contributed by atoms with Gasteiger partial charge in [0.05, 0.1) is 6.61 Å². The SMILES string of the molecule is O=C(c1ccc2cc[nH]c2c1)N1CCN(C2(C(=O)O)CCOC2)CC1. The van der Waals surface area contributed by atoms with Crippen LogP contribution in [-0.2, 0) is 9.53 Å². The highest BCUT2D eigenvalue weighted by atomic mass is 16.5. The van der Waals surface area contributed by atoms with E-state index in [-0.39, 0.29) is 12.5 Å². The van der Waals surface area contributed by atoms with Crippen LogP contribution < -0.4 is 0 Å². The normalized spacial score (nSPS) is 24.7. The Bertz CT molecular complexity index is 802. The van der Waals surface area contributed by atoms with Crippen LogP contribution in [0.15, 0.2) is 30.5 Å². The highest BCUT2D eigenvalue weighted by molar-refractivity contribution is 5.98. The number of fused-ring (bicyclic) bond motifs is 1. The van der Waals surface area contributed by atoms with Gasteiger partial charge in [-0.3, -0.25) is 14.5 Å². The van der Waals surface area contributed by atoms with Gasteiger partial charge in [-0.1, -0.05) is 6.07 Å². The van der Waals surface area contributed by atoms with E-state index in [2.05, 4.69) is 4.98 Å². The maximum atomic E-state index is 12.8. The number of carbonyl (C=O) groups excluding carboxylic acids is 1. The van der Waals surface area contributed by atoms with Crippen LogP contribution in [0.2, 0.25) is 0 Å². The summed E-state index contributed by atoms with van der Waals surface area (Å²) in [5.74, 6) is -0.842. The van der Waals surface area contributed by atoms with Gasteiger partial charge in [-0.15, -0.1) is 0 Å². The molecule has 0 radical (unpaired) electrons. The van der Waals surface area contributed by atoms with Crippen LogP contribution in [0.3, 0.4) is 0 Å². The summed E-state index contributed by atoms with van der Waals surface area (Å²) in [6.45, 7) is 2.84. The lowest BCUT2D eigenvalue weighted by atomic mass is 9.95. The molecule has 2 aromatic rings. The third-order valence-corrected chi connectivity index (χ3v) is 5.37. The van der Waals surface area contributed by atoms with Gasteiger partial charge in [-0.25, -0.2) is 0 Å². The number of hydrogen-bond acceptors (Lipinski definition) is 4. The zero-order valence-corrected chi connectivity index (χ0v) is 13.9. The van der Waals surface area contributed by atoms with Gasteiger partial charge < -0.3 is 19.7 Å². The number of H-pyrrole nitrogens is 1. The van der Waals surface area contributed by atoms with Crippen molar-refractivity contribution in [3.63, 3.8) is 0 Å². The van der Waals surface area contributed by atoms with E-state index in [4.69, 9.17) is 4.74 Å². The van der Waals surface area contributed by atoms with Gasteiger partial charge in [0, 0.05) is 56.5 Å². The van der Waals surface area contributed by atoms with Crippen molar-refractivity contribution in [3.8, 4) is 0 Å². The monoisotopic (exact) mass is 343 g/mol. The molecule has 3 heterocycles. The molecule has 1 amide bonds. The predicted molar refractivity (Wildman–Crippen MR) is 91.6 cm³/mol. The molecule has 2 N–H and O–H groups in total. The number of hydrogen-bond donors (Lipinski definition) is 2. The number of benzene rings is 1. The first-order valence-corrected chi connectivity index (χ1v) is 8.53. The molecule has 132 valence electrons. The van der Waals surface area contributed by atoms with Gasteiger partial charge in [-0.2, -0.15) is 0 Å². The van der Waals surface area contributed by atoms with Crippen LogP contribution in [0.4, 0.5) is 0 Å². The van der Waals surface area contributed by atoms with E-state index in [1.54, 1.807) is 4.90 Å². The molecule has 25 heavy (non-hydrogen) atoms. The van der Waals surface area contributed by atoms with Crippen molar-refractivity contribution in [3.05, 3.63) is 36.0 Å². The van der Waals surface area contributed by atoms with Crippen molar-refractivity contribution in [2.75, 3.05) is 39.4 Å². The zero-order valence-electron chi connectivity index (χ0n) is 13.9. The summed E-state index contributed by atoms with van der Waals surface area (Å²) in [6.07, 6.45) is 2.35. The molecule has 0 bridgehead atoms. The smallest absolute Gasteiger partial charge is 0.326 e. The molecule has 2 fully saturated rings. The number of aromatic nitrogens is 1. The summed E-state index contributed by atoms with van der Waals surface area (Å²) < 4.78 is 5.35. The lowest BCUT2D eigenvalue weighted by Gasteiger charge is -2.42. The van der Waals surface area contributed by atoms with Crippen LogP contribution in [0.25, 0.3) is 10.9 Å². The molecule has 4 rings (SSSR count). The molecular weight excluding hydrogens is 322 g/mol. The van der Waals surface area contributed by atoms with Crippen molar-refractivity contribution in [2.45, 2.75) is 12.0 Å². The van der Waals surface area contributed by atoms with Crippen LogP contribution >= 0.6 is 0 Å². The van der Waals surface area contributed by atoms with Gasteiger partial charge in [-0.05, 0) is 23.6 Å². The third-order valence-electron chi connectivity index (χ3n) is 5.37. The van der Waals surface area contributed by atoms with E-state index in [9.17, 15) is 14.7 Å². The van der Waals surface area contributed by atoms with Crippen LogP contribution in [-0.4, -0.2) is 76.7 Å². The zero-order chi connectivity index (χ0) is 17.4. The first-order valence-electron chi connectivity index (χ1n) is 8.53. The fourth-order valence-corrected chi connectivity index (χ4v) is 3.81. The Balaban J connectivity index is 1.46. The minimum Gasteiger partial charge on any atom is -0.480 e. The predicted octanol–water partition coefficient (Wildman–Crippen LogP) is 1.17. The number of aliphatic carboxylic acids is 1. The minimum atomic E-state index is -0.932. The summed E-state index contributed by atoms with van der Waals surface area (Å²) in [6, 6.07) is 7.62. The molecular formula is C18H21N3O4. The average molecular weight is 343 g/mol. The Kier molecular flexibility index (Phi) is 3.97. The maximum absolute atomic E-state index is 12.8. The molecule has 0 aliphatic carbocycles. The second-order valence-electron chi connectivity index (χ2n) is 6.70. The molecule has 0 saturated carbocycles. The Hall–Kier alpha value is -2.38. The molecule has 7 heteroatoms. The molecule has 1 unspecified atom stereocenters. The Morgan fingerprint density at radius 3 is 2.64 bits per heavy atom. The van der Waals surface area contributed by atoms with Crippen molar-refractivity contribution in [1.29, 1.82) is 0 Å². The van der Waals surface area contributed by atoms with Crippen molar-refractivity contribution in [1.82, 2.24) is 14.8 Å².